The molecule has 7 heteroatoms. The number of hydrogen-bond donors (Lipinski definition) is 2. The summed E-state index contributed by atoms with van der Waals surface area (Å²) < 4.78 is 16.1. The molecule has 1 aromatic carbocycles. The summed E-state index contributed by atoms with van der Waals surface area (Å²) in [5, 5.41) is 6.96. The van der Waals surface area contributed by atoms with E-state index >= 15 is 0 Å². The van der Waals surface area contributed by atoms with Crippen LogP contribution in [0.15, 0.2) is 23.2 Å². The molecule has 1 fully saturated rings. The van der Waals surface area contributed by atoms with Crippen molar-refractivity contribution in [1.82, 2.24) is 10.6 Å². The Morgan fingerprint density at radius 3 is 2.33 bits per heavy atom. The predicted octanol–water partition coefficient (Wildman–Crippen LogP) is 4.36. The SMILES string of the molecule is CCNC(=NCC(C)(C)c1ccc(OC)c(OC)c1)NCC1(CCOC)CCC1.I. The predicted molar refractivity (Wildman–Crippen MR) is 135 cm³/mol. The largest absolute Gasteiger partial charge is 0.493 e. The van der Waals surface area contributed by atoms with E-state index in [2.05, 4.69) is 37.5 Å². The second kappa shape index (κ2) is 12.6. The van der Waals surface area contributed by atoms with Gasteiger partial charge in [-0.1, -0.05) is 26.3 Å². The first-order valence-electron chi connectivity index (χ1n) is 10.6. The normalized spacial score (nSPS) is 15.6. The number of hydrogen-bond acceptors (Lipinski definition) is 4. The molecule has 0 bridgehead atoms. The van der Waals surface area contributed by atoms with Crippen LogP contribution < -0.4 is 20.1 Å². The molecule has 1 aromatic rings. The molecule has 2 N–H and O–H groups in total. The lowest BCUT2D eigenvalue weighted by Crippen LogP contribution is -2.47. The quantitative estimate of drug-likeness (QED) is 0.252. The van der Waals surface area contributed by atoms with Crippen LogP contribution in [0.25, 0.3) is 0 Å². The summed E-state index contributed by atoms with van der Waals surface area (Å²) in [6, 6.07) is 6.09. The van der Waals surface area contributed by atoms with Gasteiger partial charge >= 0.3 is 0 Å². The Labute approximate surface area is 199 Å². The molecular weight excluding hydrogens is 493 g/mol. The first kappa shape index (κ1) is 26.8. The summed E-state index contributed by atoms with van der Waals surface area (Å²) >= 11 is 0. The summed E-state index contributed by atoms with van der Waals surface area (Å²) in [6.07, 6.45) is 4.94. The molecule has 0 heterocycles. The second-order valence-electron chi connectivity index (χ2n) is 8.60. The van der Waals surface area contributed by atoms with Gasteiger partial charge in [0.2, 0.25) is 0 Å². The zero-order chi connectivity index (χ0) is 21.3. The minimum absolute atomic E-state index is 0. The Morgan fingerprint density at radius 2 is 1.80 bits per heavy atom. The van der Waals surface area contributed by atoms with Crippen molar-refractivity contribution in [3.8, 4) is 11.5 Å². The molecule has 1 aliphatic carbocycles. The molecule has 1 saturated carbocycles. The van der Waals surface area contributed by atoms with E-state index in [1.165, 1.54) is 24.8 Å². The Morgan fingerprint density at radius 1 is 1.10 bits per heavy atom. The van der Waals surface area contributed by atoms with Crippen LogP contribution in [0, 0.1) is 5.41 Å². The van der Waals surface area contributed by atoms with Crippen LogP contribution in [0.5, 0.6) is 11.5 Å². The fraction of sp³-hybridized carbons (Fsp3) is 0.696. The fourth-order valence-corrected chi connectivity index (χ4v) is 3.75. The smallest absolute Gasteiger partial charge is 0.191 e. The van der Waals surface area contributed by atoms with Crippen molar-refractivity contribution in [3.63, 3.8) is 0 Å². The number of benzene rings is 1. The van der Waals surface area contributed by atoms with E-state index < -0.39 is 0 Å². The molecule has 0 amide bonds. The van der Waals surface area contributed by atoms with Crippen molar-refractivity contribution in [2.45, 2.75) is 51.9 Å². The minimum Gasteiger partial charge on any atom is -0.493 e. The van der Waals surface area contributed by atoms with Crippen molar-refractivity contribution < 1.29 is 14.2 Å². The maximum absolute atomic E-state index is 5.47. The summed E-state index contributed by atoms with van der Waals surface area (Å²) in [5.41, 5.74) is 1.39. The van der Waals surface area contributed by atoms with Gasteiger partial charge in [0.1, 0.15) is 0 Å². The molecule has 0 atom stereocenters. The Balaban J connectivity index is 0.00000450. The van der Waals surface area contributed by atoms with Crippen molar-refractivity contribution in [1.29, 1.82) is 0 Å². The molecule has 172 valence electrons. The lowest BCUT2D eigenvalue weighted by Gasteiger charge is -2.42. The van der Waals surface area contributed by atoms with Crippen molar-refractivity contribution in [3.05, 3.63) is 23.8 Å². The number of nitrogens with zero attached hydrogens (tertiary/aromatic N) is 1. The zero-order valence-electron chi connectivity index (χ0n) is 19.5. The van der Waals surface area contributed by atoms with Crippen LogP contribution in [0.1, 0.15) is 52.0 Å². The molecule has 0 radical (unpaired) electrons. The minimum atomic E-state index is -0.133. The highest BCUT2D eigenvalue weighted by molar-refractivity contribution is 14.0. The van der Waals surface area contributed by atoms with Crippen molar-refractivity contribution >= 4 is 29.9 Å². The van der Waals surface area contributed by atoms with E-state index in [0.717, 1.165) is 43.6 Å². The van der Waals surface area contributed by atoms with Crippen LogP contribution >= 0.6 is 24.0 Å². The molecule has 30 heavy (non-hydrogen) atoms. The van der Waals surface area contributed by atoms with Crippen molar-refractivity contribution in [2.24, 2.45) is 10.4 Å². The molecular formula is C23H40IN3O3. The first-order valence-corrected chi connectivity index (χ1v) is 10.6. The highest BCUT2D eigenvalue weighted by Crippen LogP contribution is 2.43. The van der Waals surface area contributed by atoms with E-state index in [1.54, 1.807) is 21.3 Å². The highest BCUT2D eigenvalue weighted by Gasteiger charge is 2.36. The Hall–Kier alpha value is -1.22. The summed E-state index contributed by atoms with van der Waals surface area (Å²) in [6.45, 7) is 9.78. The Bertz CT molecular complexity index is 676. The second-order valence-corrected chi connectivity index (χ2v) is 8.60. The zero-order valence-corrected chi connectivity index (χ0v) is 21.8. The molecule has 6 nitrogen and oxygen atoms in total. The molecule has 2 rings (SSSR count). The van der Waals surface area contributed by atoms with Gasteiger partial charge in [-0.25, -0.2) is 0 Å². The molecule has 0 aliphatic heterocycles. The lowest BCUT2D eigenvalue weighted by molar-refractivity contribution is 0.0732. The van der Waals surface area contributed by atoms with Crippen LogP contribution in [-0.4, -0.2) is 53.5 Å². The van der Waals surface area contributed by atoms with Gasteiger partial charge in [-0.15, -0.1) is 24.0 Å². The number of nitrogens with one attached hydrogen (secondary N) is 2. The van der Waals surface area contributed by atoms with Gasteiger partial charge in [-0.3, -0.25) is 4.99 Å². The fourth-order valence-electron chi connectivity index (χ4n) is 3.75. The average molecular weight is 533 g/mol. The van der Waals surface area contributed by atoms with E-state index in [9.17, 15) is 0 Å². The van der Waals surface area contributed by atoms with E-state index in [1.807, 2.05) is 12.1 Å². The van der Waals surface area contributed by atoms with Crippen molar-refractivity contribution in [2.75, 3.05) is 47.6 Å². The summed E-state index contributed by atoms with van der Waals surface area (Å²) in [7, 11) is 5.10. The number of ether oxygens (including phenoxy) is 3. The van der Waals surface area contributed by atoms with Gasteiger partial charge in [0.15, 0.2) is 17.5 Å². The van der Waals surface area contributed by atoms with E-state index in [4.69, 9.17) is 19.2 Å². The lowest BCUT2D eigenvalue weighted by atomic mass is 9.67. The van der Waals surface area contributed by atoms with Crippen LogP contribution in [-0.2, 0) is 10.2 Å². The molecule has 0 unspecified atom stereocenters. The average Bonchev–Trinajstić information content (AvgIpc) is 2.70. The maximum Gasteiger partial charge on any atom is 0.191 e. The van der Waals surface area contributed by atoms with Gasteiger partial charge in [0.25, 0.3) is 0 Å². The number of guanidine groups is 1. The third-order valence-electron chi connectivity index (χ3n) is 6.02. The summed E-state index contributed by atoms with van der Waals surface area (Å²) in [5.74, 6) is 2.37. The van der Waals surface area contributed by atoms with Gasteiger partial charge in [-0.05, 0) is 49.3 Å². The maximum atomic E-state index is 5.47. The standard InChI is InChI=1S/C23H39N3O3.HI/c1-7-24-21(26-17-23(11-8-12-23)13-14-27-4)25-16-22(2,3)18-9-10-19(28-5)20(15-18)29-6;/h9-10,15H,7-8,11-14,16-17H2,1-6H3,(H2,24,25,26);1H. The molecule has 0 spiro atoms. The Kier molecular flexibility index (Phi) is 11.3. The molecule has 0 saturated heterocycles. The number of rotatable bonds is 11. The number of aliphatic imine (C=N–C) groups is 1. The summed E-state index contributed by atoms with van der Waals surface area (Å²) in [4.78, 5) is 4.89. The van der Waals surface area contributed by atoms with Gasteiger partial charge in [0, 0.05) is 32.2 Å². The number of methoxy groups -OCH3 is 3. The highest BCUT2D eigenvalue weighted by atomic mass is 127. The van der Waals surface area contributed by atoms with Gasteiger partial charge < -0.3 is 24.8 Å². The van der Waals surface area contributed by atoms with E-state index in [0.29, 0.717) is 12.0 Å². The van der Waals surface area contributed by atoms with Gasteiger partial charge in [0.05, 0.1) is 20.8 Å². The van der Waals surface area contributed by atoms with Gasteiger partial charge in [-0.2, -0.15) is 0 Å². The van der Waals surface area contributed by atoms with Crippen LogP contribution in [0.2, 0.25) is 0 Å². The van der Waals surface area contributed by atoms with Crippen LogP contribution in [0.3, 0.4) is 0 Å². The first-order chi connectivity index (χ1) is 13.9. The third kappa shape index (κ3) is 7.18. The van der Waals surface area contributed by atoms with E-state index in [-0.39, 0.29) is 29.4 Å². The number of halogens is 1. The van der Waals surface area contributed by atoms with Crippen LogP contribution in [0.4, 0.5) is 0 Å². The topological polar surface area (TPSA) is 64.1 Å². The molecule has 1 aliphatic rings. The third-order valence-corrected chi connectivity index (χ3v) is 6.02. The monoisotopic (exact) mass is 533 g/mol. The molecule has 0 aromatic heterocycles.